The van der Waals surface area contributed by atoms with Crippen molar-refractivity contribution in [1.82, 2.24) is 0 Å². The topological polar surface area (TPSA) is 102 Å². The molecule has 0 saturated heterocycles. The van der Waals surface area contributed by atoms with E-state index in [1.165, 1.54) is 0 Å². The zero-order valence-electron chi connectivity index (χ0n) is 19.4. The van der Waals surface area contributed by atoms with E-state index in [0.29, 0.717) is 48.2 Å². The van der Waals surface area contributed by atoms with Crippen LogP contribution in [-0.4, -0.2) is 39.5 Å². The summed E-state index contributed by atoms with van der Waals surface area (Å²) in [4.78, 5) is 0.430. The molecule has 7 nitrogen and oxygen atoms in total. The molecule has 184 valence electrons. The van der Waals surface area contributed by atoms with E-state index in [2.05, 4.69) is 8.80 Å². The average Bonchev–Trinajstić information content (AvgIpc) is 3.31. The fraction of sp³-hybridized carbons (Fsp3) is 0.462. The highest BCUT2D eigenvalue weighted by Crippen LogP contribution is 2.48. The minimum atomic E-state index is -3.81. The first-order valence-electron chi connectivity index (χ1n) is 12.4. The minimum absolute atomic E-state index is 0.215. The summed E-state index contributed by atoms with van der Waals surface area (Å²) < 4.78 is 67.7. The number of fused-ring (bicyclic) bond motifs is 2. The lowest BCUT2D eigenvalue weighted by Gasteiger charge is -2.47. The molecule has 35 heavy (non-hydrogen) atoms. The second-order valence-electron chi connectivity index (χ2n) is 10.0. The number of hydrogen-bond acceptors (Lipinski definition) is 5. The molecule has 2 heterocycles. The molecule has 2 aromatic carbocycles. The predicted octanol–water partition coefficient (Wildman–Crippen LogP) is 4.79. The molecular formula is C26H28N2O5S2. The minimum Gasteiger partial charge on any atom is -0.356 e. The van der Waals surface area contributed by atoms with Crippen LogP contribution in [0.25, 0.3) is 0 Å². The number of benzene rings is 2. The Labute approximate surface area is 206 Å². The van der Waals surface area contributed by atoms with Gasteiger partial charge in [0, 0.05) is 11.1 Å². The van der Waals surface area contributed by atoms with Gasteiger partial charge in [-0.3, -0.25) is 0 Å². The third-order valence-electron chi connectivity index (χ3n) is 7.84. The largest absolute Gasteiger partial charge is 0.356 e. The van der Waals surface area contributed by atoms with Crippen LogP contribution in [0, 0.1) is 0 Å². The standard InChI is InChI=1S/C26H28N2O5S2/c29-34(30)21-13-5-3-11-19(21)23(27-34)25(15-7-1-8-16-25)33-26(17-9-2-10-18-26)24-20-12-4-6-14-22(20)35(31,32)28-24/h3-6,11-14H,1-2,7-10,15-18H2. The summed E-state index contributed by atoms with van der Waals surface area (Å²) in [5.74, 6) is 0. The molecule has 0 amide bonds. The molecule has 2 saturated carbocycles. The summed E-state index contributed by atoms with van der Waals surface area (Å²) in [7, 11) is -7.61. The second kappa shape index (κ2) is 8.08. The van der Waals surface area contributed by atoms with E-state index in [0.717, 1.165) is 38.5 Å². The van der Waals surface area contributed by atoms with Crippen molar-refractivity contribution in [3.63, 3.8) is 0 Å². The maximum absolute atomic E-state index is 13.0. The van der Waals surface area contributed by atoms with E-state index in [1.807, 2.05) is 12.1 Å². The number of hydrogen-bond donors (Lipinski definition) is 0. The Kier molecular flexibility index (Phi) is 5.32. The fourth-order valence-corrected chi connectivity index (χ4v) is 8.86. The van der Waals surface area contributed by atoms with Gasteiger partial charge in [-0.05, 0) is 37.8 Å². The summed E-state index contributed by atoms with van der Waals surface area (Å²) >= 11 is 0. The monoisotopic (exact) mass is 512 g/mol. The molecule has 0 radical (unpaired) electrons. The molecule has 0 unspecified atom stereocenters. The van der Waals surface area contributed by atoms with E-state index in [9.17, 15) is 16.8 Å². The maximum Gasteiger partial charge on any atom is 0.283 e. The molecule has 0 bridgehead atoms. The number of ether oxygens (including phenoxy) is 1. The van der Waals surface area contributed by atoms with E-state index in [4.69, 9.17) is 4.74 Å². The Balaban J connectivity index is 1.52. The van der Waals surface area contributed by atoms with Crippen LogP contribution >= 0.6 is 0 Å². The summed E-state index contributed by atoms with van der Waals surface area (Å²) in [6.07, 6.45) is 8.18. The van der Waals surface area contributed by atoms with Crippen molar-refractivity contribution < 1.29 is 21.6 Å². The van der Waals surface area contributed by atoms with Gasteiger partial charge in [0.25, 0.3) is 20.0 Å². The quantitative estimate of drug-likeness (QED) is 0.586. The molecule has 6 rings (SSSR count). The molecule has 0 aromatic heterocycles. The molecule has 0 N–H and O–H groups in total. The number of rotatable bonds is 4. The molecule has 2 aromatic rings. The van der Waals surface area contributed by atoms with Gasteiger partial charge in [-0.1, -0.05) is 74.9 Å². The van der Waals surface area contributed by atoms with E-state index in [-0.39, 0.29) is 9.79 Å². The summed E-state index contributed by atoms with van der Waals surface area (Å²) in [6.45, 7) is 0. The zero-order chi connectivity index (χ0) is 24.3. The van der Waals surface area contributed by atoms with Gasteiger partial charge in [-0.15, -0.1) is 0 Å². The highest BCUT2D eigenvalue weighted by molar-refractivity contribution is 7.91. The van der Waals surface area contributed by atoms with Crippen molar-refractivity contribution in [3.8, 4) is 0 Å². The zero-order valence-corrected chi connectivity index (χ0v) is 21.1. The lowest BCUT2D eigenvalue weighted by Crippen LogP contribution is -2.55. The van der Waals surface area contributed by atoms with E-state index in [1.54, 1.807) is 36.4 Å². The second-order valence-corrected chi connectivity index (χ2v) is 13.2. The lowest BCUT2D eigenvalue weighted by molar-refractivity contribution is -0.114. The van der Waals surface area contributed by atoms with Crippen LogP contribution in [-0.2, 0) is 24.8 Å². The molecule has 2 aliphatic heterocycles. The Morgan fingerprint density at radius 3 is 1.34 bits per heavy atom. The van der Waals surface area contributed by atoms with Crippen molar-refractivity contribution in [2.24, 2.45) is 8.80 Å². The van der Waals surface area contributed by atoms with Crippen molar-refractivity contribution in [1.29, 1.82) is 0 Å². The maximum atomic E-state index is 13.0. The highest BCUT2D eigenvalue weighted by Gasteiger charge is 2.53. The Morgan fingerprint density at radius 2 is 0.943 bits per heavy atom. The summed E-state index contributed by atoms with van der Waals surface area (Å²) in [5, 5.41) is 0. The van der Waals surface area contributed by atoms with Gasteiger partial charge in [0.15, 0.2) is 0 Å². The molecule has 2 fully saturated rings. The number of nitrogens with zero attached hydrogens (tertiary/aromatic N) is 2. The van der Waals surface area contributed by atoms with E-state index >= 15 is 0 Å². The SMILES string of the molecule is O=S1(=O)N=C(C2(OC3(C4=NS(=O)(=O)c5ccccc54)CCCCC3)CCCCC2)c2ccccc21. The number of sulfonamides is 2. The van der Waals surface area contributed by atoms with Crippen LogP contribution in [0.15, 0.2) is 67.1 Å². The third kappa shape index (κ3) is 3.62. The van der Waals surface area contributed by atoms with Crippen LogP contribution < -0.4 is 0 Å². The third-order valence-corrected chi connectivity index (χ3v) is 10.5. The normalized spacial score (nSPS) is 25.3. The Hall–Kier alpha value is -2.36. The first-order valence-corrected chi connectivity index (χ1v) is 15.2. The van der Waals surface area contributed by atoms with Crippen molar-refractivity contribution in [2.75, 3.05) is 0 Å². The molecule has 4 aliphatic rings. The molecule has 2 aliphatic carbocycles. The van der Waals surface area contributed by atoms with Gasteiger partial charge in [0.2, 0.25) is 0 Å². The van der Waals surface area contributed by atoms with Gasteiger partial charge in [-0.2, -0.15) is 25.6 Å². The van der Waals surface area contributed by atoms with Crippen LogP contribution in [0.4, 0.5) is 0 Å². The molecule has 0 atom stereocenters. The molecule has 9 heteroatoms. The van der Waals surface area contributed by atoms with Crippen molar-refractivity contribution in [3.05, 3.63) is 59.7 Å². The average molecular weight is 513 g/mol. The highest BCUT2D eigenvalue weighted by atomic mass is 32.2. The van der Waals surface area contributed by atoms with Gasteiger partial charge < -0.3 is 4.74 Å². The summed E-state index contributed by atoms with van der Waals surface area (Å²) in [6, 6.07) is 13.9. The first-order chi connectivity index (χ1) is 16.8. The predicted molar refractivity (Wildman–Crippen MR) is 133 cm³/mol. The van der Waals surface area contributed by atoms with Gasteiger partial charge >= 0.3 is 0 Å². The van der Waals surface area contributed by atoms with Crippen LogP contribution in [0.1, 0.15) is 75.3 Å². The van der Waals surface area contributed by atoms with Gasteiger partial charge in [-0.25, -0.2) is 0 Å². The first kappa shape index (κ1) is 23.1. The van der Waals surface area contributed by atoms with Crippen LogP contribution in [0.5, 0.6) is 0 Å². The summed E-state index contributed by atoms with van der Waals surface area (Å²) in [5.41, 5.74) is 0.293. The molecular weight excluding hydrogens is 484 g/mol. The van der Waals surface area contributed by atoms with E-state index < -0.39 is 31.2 Å². The van der Waals surface area contributed by atoms with Gasteiger partial charge in [0.05, 0.1) is 21.2 Å². The Morgan fingerprint density at radius 1 is 0.571 bits per heavy atom. The smallest absolute Gasteiger partial charge is 0.283 e. The molecule has 0 spiro atoms. The Bertz CT molecular complexity index is 1350. The lowest BCUT2D eigenvalue weighted by atomic mass is 9.74. The van der Waals surface area contributed by atoms with Crippen LogP contribution in [0.3, 0.4) is 0 Å². The fourth-order valence-electron chi connectivity index (χ4n) is 6.26. The van der Waals surface area contributed by atoms with Crippen LogP contribution in [0.2, 0.25) is 0 Å². The van der Waals surface area contributed by atoms with Crippen molar-refractivity contribution in [2.45, 2.75) is 85.2 Å². The van der Waals surface area contributed by atoms with Crippen molar-refractivity contribution >= 4 is 31.5 Å². The van der Waals surface area contributed by atoms with Gasteiger partial charge in [0.1, 0.15) is 11.2 Å².